The third kappa shape index (κ3) is 7.24. The second-order valence-corrected chi connectivity index (χ2v) is 10.3. The lowest BCUT2D eigenvalue weighted by Gasteiger charge is -2.21. The molecule has 2 aromatic rings. The Balaban J connectivity index is 1.95. The number of aromatic hydroxyl groups is 1. The van der Waals surface area contributed by atoms with E-state index in [4.69, 9.17) is 21.4 Å². The van der Waals surface area contributed by atoms with Gasteiger partial charge in [-0.2, -0.15) is 0 Å². The molecular weight excluding hydrogens is 476 g/mol. The second kappa shape index (κ2) is 12.3. The fourth-order valence-electron chi connectivity index (χ4n) is 3.56. The summed E-state index contributed by atoms with van der Waals surface area (Å²) < 4.78 is 5.88. The summed E-state index contributed by atoms with van der Waals surface area (Å²) in [6.07, 6.45) is 1.88. The number of carbonyl (C=O) groups is 3. The molecular formula is C26H31ClO6S. The highest BCUT2D eigenvalue weighted by molar-refractivity contribution is 7.99. The van der Waals surface area contributed by atoms with Gasteiger partial charge in [-0.3, -0.25) is 14.4 Å². The maximum atomic E-state index is 12.7. The number of phenolic OH excluding ortho intramolecular Hbond substituents is 1. The number of thioether (sulfide) groups is 1. The van der Waals surface area contributed by atoms with Crippen LogP contribution in [0.5, 0.6) is 11.5 Å². The minimum absolute atomic E-state index is 0.00539. The molecule has 0 aliphatic heterocycles. The first-order chi connectivity index (χ1) is 16.0. The van der Waals surface area contributed by atoms with E-state index >= 15 is 0 Å². The molecule has 6 nitrogen and oxygen atoms in total. The lowest BCUT2D eigenvalue weighted by Crippen LogP contribution is -2.27. The summed E-state index contributed by atoms with van der Waals surface area (Å²) in [5.41, 5.74) is 0.321. The van der Waals surface area contributed by atoms with Crippen LogP contribution in [0.3, 0.4) is 0 Å². The molecule has 8 heteroatoms. The third-order valence-corrected chi connectivity index (χ3v) is 6.91. The van der Waals surface area contributed by atoms with Crippen molar-refractivity contribution >= 4 is 40.9 Å². The standard InChI is InChI=1S/C26H31ClO6S/c1-5-7-19-21(10-9-18(16(2)28)24(19)31)33-12-6-13-34-22-11-8-17(14-20(22)27)25(32)26(3,4)15-23(29)30/h8-11,14,31H,5-7,12-13,15H2,1-4H3,(H,29,30). The van der Waals surface area contributed by atoms with Gasteiger partial charge in [0.1, 0.15) is 11.5 Å². The van der Waals surface area contributed by atoms with Crippen LogP contribution in [-0.2, 0) is 11.2 Å². The van der Waals surface area contributed by atoms with Crippen LogP contribution in [0, 0.1) is 5.41 Å². The lowest BCUT2D eigenvalue weighted by atomic mass is 9.81. The van der Waals surface area contributed by atoms with Gasteiger partial charge in [0, 0.05) is 27.2 Å². The maximum Gasteiger partial charge on any atom is 0.304 e. The van der Waals surface area contributed by atoms with Gasteiger partial charge in [-0.25, -0.2) is 0 Å². The number of carboxylic acids is 1. The quantitative estimate of drug-likeness (QED) is 0.183. The van der Waals surface area contributed by atoms with Crippen molar-refractivity contribution in [2.24, 2.45) is 5.41 Å². The number of ketones is 2. The fourth-order valence-corrected chi connectivity index (χ4v) is 4.75. The van der Waals surface area contributed by atoms with Crippen molar-refractivity contribution in [3.63, 3.8) is 0 Å². The van der Waals surface area contributed by atoms with Gasteiger partial charge < -0.3 is 14.9 Å². The monoisotopic (exact) mass is 506 g/mol. The largest absolute Gasteiger partial charge is 0.507 e. The van der Waals surface area contributed by atoms with Gasteiger partial charge >= 0.3 is 5.97 Å². The molecule has 0 amide bonds. The van der Waals surface area contributed by atoms with Crippen molar-refractivity contribution < 1.29 is 29.3 Å². The molecule has 0 spiro atoms. The molecule has 2 rings (SSSR count). The maximum absolute atomic E-state index is 12.7. The van der Waals surface area contributed by atoms with E-state index in [0.717, 1.165) is 17.1 Å². The van der Waals surface area contributed by atoms with Gasteiger partial charge in [0.25, 0.3) is 0 Å². The molecule has 0 bridgehead atoms. The SMILES string of the molecule is CCCc1c(OCCCSc2ccc(C(=O)C(C)(C)CC(=O)O)cc2Cl)ccc(C(C)=O)c1O. The minimum Gasteiger partial charge on any atom is -0.507 e. The molecule has 0 aliphatic carbocycles. The van der Waals surface area contributed by atoms with E-state index in [1.807, 2.05) is 6.92 Å². The van der Waals surface area contributed by atoms with Gasteiger partial charge in [-0.1, -0.05) is 44.9 Å². The topological polar surface area (TPSA) is 101 Å². The number of rotatable bonds is 13. The summed E-state index contributed by atoms with van der Waals surface area (Å²) >= 11 is 7.91. The molecule has 0 saturated heterocycles. The van der Waals surface area contributed by atoms with E-state index in [9.17, 15) is 19.5 Å². The number of hydrogen-bond donors (Lipinski definition) is 2. The van der Waals surface area contributed by atoms with Crippen LogP contribution in [0.4, 0.5) is 0 Å². The molecule has 0 fully saturated rings. The van der Waals surface area contributed by atoms with Gasteiger partial charge in [0.15, 0.2) is 11.6 Å². The van der Waals surface area contributed by atoms with E-state index in [0.29, 0.717) is 46.9 Å². The fraction of sp³-hybridized carbons (Fsp3) is 0.423. The van der Waals surface area contributed by atoms with Crippen LogP contribution in [0.2, 0.25) is 5.02 Å². The van der Waals surface area contributed by atoms with Crippen LogP contribution in [0.15, 0.2) is 35.2 Å². The van der Waals surface area contributed by atoms with E-state index < -0.39 is 11.4 Å². The molecule has 0 heterocycles. The Morgan fingerprint density at radius 3 is 2.44 bits per heavy atom. The van der Waals surface area contributed by atoms with E-state index in [2.05, 4.69) is 0 Å². The van der Waals surface area contributed by atoms with Crippen molar-refractivity contribution in [1.82, 2.24) is 0 Å². The Hall–Kier alpha value is -2.51. The highest BCUT2D eigenvalue weighted by Gasteiger charge is 2.31. The Morgan fingerprint density at radius 1 is 1.15 bits per heavy atom. The molecule has 0 radical (unpaired) electrons. The number of aliphatic carboxylic acids is 1. The van der Waals surface area contributed by atoms with E-state index in [-0.39, 0.29) is 23.7 Å². The number of hydrogen-bond acceptors (Lipinski definition) is 6. The molecule has 2 aromatic carbocycles. The van der Waals surface area contributed by atoms with Crippen molar-refractivity contribution in [2.75, 3.05) is 12.4 Å². The van der Waals surface area contributed by atoms with Crippen LogP contribution in [0.25, 0.3) is 0 Å². The van der Waals surface area contributed by atoms with E-state index in [1.165, 1.54) is 18.7 Å². The number of benzene rings is 2. The zero-order valence-corrected chi connectivity index (χ0v) is 21.5. The summed E-state index contributed by atoms with van der Waals surface area (Å²) in [5.74, 6) is -0.173. The lowest BCUT2D eigenvalue weighted by molar-refractivity contribution is -0.138. The van der Waals surface area contributed by atoms with Crippen LogP contribution in [-0.4, -0.2) is 40.1 Å². The highest BCUT2D eigenvalue weighted by Crippen LogP contribution is 2.34. The first-order valence-corrected chi connectivity index (χ1v) is 12.5. The molecule has 184 valence electrons. The Labute approximate surface area is 209 Å². The number of phenols is 1. The highest BCUT2D eigenvalue weighted by atomic mass is 35.5. The van der Waals surface area contributed by atoms with Crippen molar-refractivity contribution in [1.29, 1.82) is 0 Å². The summed E-state index contributed by atoms with van der Waals surface area (Å²) in [6.45, 7) is 7.07. The normalized spacial score (nSPS) is 11.3. The molecule has 0 saturated carbocycles. The van der Waals surface area contributed by atoms with Crippen molar-refractivity contribution in [3.8, 4) is 11.5 Å². The number of carboxylic acid groups (broad SMARTS) is 1. The number of halogens is 1. The van der Waals surface area contributed by atoms with Crippen LogP contribution in [0.1, 0.15) is 73.2 Å². The summed E-state index contributed by atoms with van der Waals surface area (Å²) in [6, 6.07) is 8.35. The molecule has 0 unspecified atom stereocenters. The Bertz CT molecular complexity index is 1060. The number of Topliss-reactive ketones (excluding diaryl/α,β-unsaturated/α-hetero) is 2. The van der Waals surface area contributed by atoms with Gasteiger partial charge in [-0.05, 0) is 44.0 Å². The predicted octanol–water partition coefficient (Wildman–Crippen LogP) is 6.45. The summed E-state index contributed by atoms with van der Waals surface area (Å²) in [7, 11) is 0. The summed E-state index contributed by atoms with van der Waals surface area (Å²) in [4.78, 5) is 36.2. The van der Waals surface area contributed by atoms with Gasteiger partial charge in [-0.15, -0.1) is 11.8 Å². The average molecular weight is 507 g/mol. The molecule has 2 N–H and O–H groups in total. The van der Waals surface area contributed by atoms with Crippen LogP contribution >= 0.6 is 23.4 Å². The molecule has 0 atom stereocenters. The third-order valence-electron chi connectivity index (χ3n) is 5.32. The van der Waals surface area contributed by atoms with Crippen molar-refractivity contribution in [2.45, 2.75) is 58.3 Å². The Morgan fingerprint density at radius 2 is 1.85 bits per heavy atom. The molecule has 34 heavy (non-hydrogen) atoms. The molecule has 0 aromatic heterocycles. The zero-order chi connectivity index (χ0) is 25.5. The first-order valence-electron chi connectivity index (χ1n) is 11.2. The number of carbonyl (C=O) groups excluding carboxylic acids is 2. The smallest absolute Gasteiger partial charge is 0.304 e. The zero-order valence-electron chi connectivity index (χ0n) is 19.9. The van der Waals surface area contributed by atoms with Crippen LogP contribution < -0.4 is 4.74 Å². The van der Waals surface area contributed by atoms with Gasteiger partial charge in [0.2, 0.25) is 0 Å². The average Bonchev–Trinajstić information content (AvgIpc) is 2.75. The van der Waals surface area contributed by atoms with Crippen molar-refractivity contribution in [3.05, 3.63) is 52.0 Å². The Kier molecular flexibility index (Phi) is 10.0. The second-order valence-electron chi connectivity index (χ2n) is 8.72. The number of ether oxygens (including phenoxy) is 1. The molecule has 0 aliphatic rings. The predicted molar refractivity (Wildman–Crippen MR) is 135 cm³/mol. The first kappa shape index (κ1) is 27.7. The van der Waals surface area contributed by atoms with Gasteiger partial charge in [0.05, 0.1) is 23.6 Å². The van der Waals surface area contributed by atoms with E-state index in [1.54, 1.807) is 44.2 Å². The summed E-state index contributed by atoms with van der Waals surface area (Å²) in [5, 5.41) is 19.9. The minimum atomic E-state index is -1.02.